The molecule has 0 aliphatic rings. The molecule has 0 unspecified atom stereocenters. The van der Waals surface area contributed by atoms with Gasteiger partial charge in [0.2, 0.25) is 0 Å². The number of halogens is 1. The van der Waals surface area contributed by atoms with E-state index in [1.165, 1.54) is 6.20 Å². The summed E-state index contributed by atoms with van der Waals surface area (Å²) in [6.45, 7) is 8.80. The van der Waals surface area contributed by atoms with Gasteiger partial charge in [-0.15, -0.1) is 0 Å². The van der Waals surface area contributed by atoms with Crippen LogP contribution in [0.2, 0.25) is 0 Å². The smallest absolute Gasteiger partial charge is 0.267 e. The number of aromatic nitrogens is 2. The van der Waals surface area contributed by atoms with Crippen molar-refractivity contribution >= 4 is 15.9 Å². The Morgan fingerprint density at radius 1 is 1.50 bits per heavy atom. The summed E-state index contributed by atoms with van der Waals surface area (Å²) in [5, 5.41) is 0. The molecule has 5 heteroatoms. The summed E-state index contributed by atoms with van der Waals surface area (Å²) in [6, 6.07) is 0. The highest BCUT2D eigenvalue weighted by Crippen LogP contribution is 2.07. The number of ether oxygens (including phenoxy) is 1. The van der Waals surface area contributed by atoms with Gasteiger partial charge in [0.25, 0.3) is 5.56 Å². The van der Waals surface area contributed by atoms with Crippen LogP contribution in [-0.4, -0.2) is 21.8 Å². The van der Waals surface area contributed by atoms with Gasteiger partial charge < -0.3 is 4.74 Å². The maximum Gasteiger partial charge on any atom is 0.267 e. The molecule has 4 nitrogen and oxygen atoms in total. The van der Waals surface area contributed by atoms with E-state index in [9.17, 15) is 4.79 Å². The van der Waals surface area contributed by atoms with Crippen molar-refractivity contribution in [2.45, 2.75) is 39.8 Å². The Morgan fingerprint density at radius 2 is 2.12 bits per heavy atom. The van der Waals surface area contributed by atoms with Gasteiger partial charge in [0.1, 0.15) is 10.3 Å². The molecule has 0 saturated carbocycles. The minimum Gasteiger partial charge on any atom is -0.374 e. The molecule has 90 valence electrons. The van der Waals surface area contributed by atoms with Gasteiger partial charge in [-0.25, -0.2) is 4.98 Å². The van der Waals surface area contributed by atoms with Crippen molar-refractivity contribution in [3.8, 4) is 0 Å². The first-order valence-corrected chi connectivity index (χ1v) is 5.96. The predicted molar refractivity (Wildman–Crippen MR) is 66.6 cm³/mol. The van der Waals surface area contributed by atoms with E-state index in [1.54, 1.807) is 4.57 Å². The first-order chi connectivity index (χ1) is 7.31. The van der Waals surface area contributed by atoms with Crippen molar-refractivity contribution < 1.29 is 4.74 Å². The van der Waals surface area contributed by atoms with Gasteiger partial charge in [0.05, 0.1) is 18.8 Å². The SMILES string of the molecule is Cc1ncc(Br)c(=O)n1CCOC(C)(C)C. The van der Waals surface area contributed by atoms with Gasteiger partial charge in [-0.1, -0.05) is 0 Å². The molecule has 1 rings (SSSR count). The zero-order valence-corrected chi connectivity index (χ0v) is 11.7. The lowest BCUT2D eigenvalue weighted by atomic mass is 10.2. The number of nitrogens with zero attached hydrogens (tertiary/aromatic N) is 2. The summed E-state index contributed by atoms with van der Waals surface area (Å²) in [4.78, 5) is 15.9. The standard InChI is InChI=1S/C11H17BrN2O2/c1-8-13-7-9(12)10(15)14(8)5-6-16-11(2,3)4/h7H,5-6H2,1-4H3. The number of aryl methyl sites for hydroxylation is 1. The molecule has 0 spiro atoms. The first kappa shape index (κ1) is 13.4. The molecule has 0 bridgehead atoms. The van der Waals surface area contributed by atoms with Crippen LogP contribution < -0.4 is 5.56 Å². The van der Waals surface area contributed by atoms with E-state index in [1.807, 2.05) is 27.7 Å². The minimum absolute atomic E-state index is 0.0648. The van der Waals surface area contributed by atoms with Gasteiger partial charge in [-0.05, 0) is 43.6 Å². The molecule has 0 amide bonds. The highest BCUT2D eigenvalue weighted by atomic mass is 79.9. The third-order valence-corrected chi connectivity index (χ3v) is 2.60. The molecule has 1 heterocycles. The summed E-state index contributed by atoms with van der Waals surface area (Å²) in [7, 11) is 0. The lowest BCUT2D eigenvalue weighted by molar-refractivity contribution is -0.00744. The largest absolute Gasteiger partial charge is 0.374 e. The summed E-state index contributed by atoms with van der Waals surface area (Å²) < 4.78 is 7.67. The van der Waals surface area contributed by atoms with Crippen molar-refractivity contribution in [3.05, 3.63) is 26.8 Å². The third kappa shape index (κ3) is 3.72. The van der Waals surface area contributed by atoms with Crippen LogP contribution in [0.4, 0.5) is 0 Å². The van der Waals surface area contributed by atoms with Crippen LogP contribution >= 0.6 is 15.9 Å². The molecule has 0 N–H and O–H groups in total. The Bertz CT molecular complexity index is 421. The van der Waals surface area contributed by atoms with Crippen LogP contribution in [0.15, 0.2) is 15.5 Å². The fourth-order valence-electron chi connectivity index (χ4n) is 1.26. The van der Waals surface area contributed by atoms with Crippen LogP contribution in [0.25, 0.3) is 0 Å². The fraction of sp³-hybridized carbons (Fsp3) is 0.636. The van der Waals surface area contributed by atoms with E-state index in [0.717, 1.165) is 0 Å². The number of hydrogen-bond acceptors (Lipinski definition) is 3. The fourth-order valence-corrected chi connectivity index (χ4v) is 1.57. The van der Waals surface area contributed by atoms with E-state index in [0.29, 0.717) is 23.4 Å². The second-order valence-electron chi connectivity index (χ2n) is 4.57. The molecule has 0 saturated heterocycles. The summed E-state index contributed by atoms with van der Waals surface area (Å²) in [5.41, 5.74) is -0.248. The van der Waals surface area contributed by atoms with Crippen LogP contribution in [-0.2, 0) is 11.3 Å². The predicted octanol–water partition coefficient (Wildman–Crippen LogP) is 2.13. The summed E-state index contributed by atoms with van der Waals surface area (Å²) >= 11 is 3.17. The van der Waals surface area contributed by atoms with Crippen molar-refractivity contribution in [2.24, 2.45) is 0 Å². The molecular formula is C11H17BrN2O2. The van der Waals surface area contributed by atoms with Crippen molar-refractivity contribution in [2.75, 3.05) is 6.61 Å². The zero-order chi connectivity index (χ0) is 12.3. The number of rotatable bonds is 3. The van der Waals surface area contributed by atoms with Crippen LogP contribution in [0.3, 0.4) is 0 Å². The molecule has 0 atom stereocenters. The highest BCUT2D eigenvalue weighted by Gasteiger charge is 2.11. The lowest BCUT2D eigenvalue weighted by Crippen LogP contribution is -2.28. The van der Waals surface area contributed by atoms with E-state index in [4.69, 9.17) is 4.74 Å². The molecule has 0 fully saturated rings. The van der Waals surface area contributed by atoms with E-state index in [2.05, 4.69) is 20.9 Å². The van der Waals surface area contributed by atoms with Gasteiger partial charge >= 0.3 is 0 Å². The van der Waals surface area contributed by atoms with E-state index >= 15 is 0 Å². The van der Waals surface area contributed by atoms with Gasteiger partial charge in [0, 0.05) is 6.20 Å². The topological polar surface area (TPSA) is 44.1 Å². The van der Waals surface area contributed by atoms with Gasteiger partial charge in [-0.2, -0.15) is 0 Å². The molecule has 1 aromatic heterocycles. The lowest BCUT2D eigenvalue weighted by Gasteiger charge is -2.20. The monoisotopic (exact) mass is 288 g/mol. The Hall–Kier alpha value is -0.680. The van der Waals surface area contributed by atoms with E-state index in [-0.39, 0.29) is 11.2 Å². The molecule has 1 aromatic rings. The maximum atomic E-state index is 11.8. The summed E-state index contributed by atoms with van der Waals surface area (Å²) in [6.07, 6.45) is 1.53. The maximum absolute atomic E-state index is 11.8. The third-order valence-electron chi connectivity index (χ3n) is 2.05. The molecule has 0 radical (unpaired) electrons. The Kier molecular flexibility index (Phi) is 4.27. The van der Waals surface area contributed by atoms with Crippen molar-refractivity contribution in [1.29, 1.82) is 0 Å². The second kappa shape index (κ2) is 5.10. The Morgan fingerprint density at radius 3 is 2.69 bits per heavy atom. The molecular weight excluding hydrogens is 272 g/mol. The molecule has 0 aliphatic heterocycles. The molecule has 0 aromatic carbocycles. The average Bonchev–Trinajstić information content (AvgIpc) is 2.16. The van der Waals surface area contributed by atoms with E-state index < -0.39 is 0 Å². The Labute approximate surface area is 104 Å². The quantitative estimate of drug-likeness (QED) is 0.856. The minimum atomic E-state index is -0.184. The van der Waals surface area contributed by atoms with Crippen molar-refractivity contribution in [1.82, 2.24) is 9.55 Å². The highest BCUT2D eigenvalue weighted by molar-refractivity contribution is 9.10. The van der Waals surface area contributed by atoms with Gasteiger partial charge in [-0.3, -0.25) is 9.36 Å². The van der Waals surface area contributed by atoms with Crippen LogP contribution in [0.1, 0.15) is 26.6 Å². The van der Waals surface area contributed by atoms with Crippen LogP contribution in [0, 0.1) is 6.92 Å². The molecule has 16 heavy (non-hydrogen) atoms. The average molecular weight is 289 g/mol. The van der Waals surface area contributed by atoms with Crippen LogP contribution in [0.5, 0.6) is 0 Å². The Balaban J connectivity index is 2.75. The normalized spacial score (nSPS) is 11.8. The second-order valence-corrected chi connectivity index (χ2v) is 5.43. The first-order valence-electron chi connectivity index (χ1n) is 5.17. The van der Waals surface area contributed by atoms with Gasteiger partial charge in [0.15, 0.2) is 0 Å². The molecule has 0 aliphatic carbocycles. The summed E-state index contributed by atoms with van der Waals surface area (Å²) in [5.74, 6) is 0.700. The number of hydrogen-bond donors (Lipinski definition) is 0. The zero-order valence-electron chi connectivity index (χ0n) is 10.1. The van der Waals surface area contributed by atoms with Crippen molar-refractivity contribution in [3.63, 3.8) is 0 Å².